The van der Waals surface area contributed by atoms with Crippen LogP contribution in [0.2, 0.25) is 0 Å². The largest absolute Gasteiger partial charge is 0.391 e. The number of hydrogen-bond donors (Lipinski definition) is 2. The molecule has 0 amide bonds. The Morgan fingerprint density at radius 2 is 2.19 bits per heavy atom. The lowest BCUT2D eigenvalue weighted by Crippen LogP contribution is -2.41. The van der Waals surface area contributed by atoms with E-state index < -0.39 is 22.4 Å². The van der Waals surface area contributed by atoms with E-state index in [4.69, 9.17) is 4.55 Å². The van der Waals surface area contributed by atoms with Crippen molar-refractivity contribution >= 4 is 21.3 Å². The van der Waals surface area contributed by atoms with Gasteiger partial charge in [-0.2, -0.15) is 12.7 Å². The van der Waals surface area contributed by atoms with Crippen LogP contribution >= 0.6 is 0 Å². The van der Waals surface area contributed by atoms with E-state index in [0.29, 0.717) is 12.8 Å². The molecule has 3 rings (SSSR count). The van der Waals surface area contributed by atoms with Crippen molar-refractivity contribution in [1.82, 2.24) is 18.8 Å². The Morgan fingerprint density at radius 3 is 2.90 bits per heavy atom. The van der Waals surface area contributed by atoms with E-state index in [-0.39, 0.29) is 6.04 Å². The molecule has 2 N–H and O–H groups in total. The zero-order valence-corrected chi connectivity index (χ0v) is 12.2. The van der Waals surface area contributed by atoms with Gasteiger partial charge >= 0.3 is 10.3 Å². The average molecular weight is 312 g/mol. The maximum Gasteiger partial charge on any atom is 0.335 e. The fraction of sp³-hybridized carbons (Fsp3) is 0.500. The number of fused-ring (bicyclic) bond motifs is 1. The van der Waals surface area contributed by atoms with Crippen molar-refractivity contribution in [3.05, 3.63) is 24.8 Å². The van der Waals surface area contributed by atoms with Crippen molar-refractivity contribution in [3.63, 3.8) is 0 Å². The van der Waals surface area contributed by atoms with Crippen LogP contribution in [-0.2, 0) is 10.3 Å². The predicted molar refractivity (Wildman–Crippen MR) is 74.9 cm³/mol. The van der Waals surface area contributed by atoms with Gasteiger partial charge in [0, 0.05) is 30.9 Å². The summed E-state index contributed by atoms with van der Waals surface area (Å²) in [4.78, 5) is 8.17. The van der Waals surface area contributed by atoms with Crippen molar-refractivity contribution in [2.75, 3.05) is 7.05 Å². The first-order valence-corrected chi connectivity index (χ1v) is 7.92. The second kappa shape index (κ2) is 5.02. The quantitative estimate of drug-likeness (QED) is 0.785. The standard InChI is InChI=1S/C12H16N4O4S/c1-15(21(18,19)20)10-4-9(5-11(10)17)16-3-2-8-6-13-7-14-12(8)16/h2-3,6-7,9-11,17H,4-5H2,1H3,(H,18,19,20)/t9-,10+,11+/m1/s1. The molecule has 3 atom stereocenters. The number of likely N-dealkylation sites (N-methyl/N-ethyl adjacent to an activating group) is 1. The minimum Gasteiger partial charge on any atom is -0.391 e. The van der Waals surface area contributed by atoms with Gasteiger partial charge in [0.05, 0.1) is 12.1 Å². The Hall–Kier alpha value is -1.55. The summed E-state index contributed by atoms with van der Waals surface area (Å²) in [6, 6.07) is 1.15. The summed E-state index contributed by atoms with van der Waals surface area (Å²) in [6.07, 6.45) is 4.98. The van der Waals surface area contributed by atoms with Crippen LogP contribution in [-0.4, -0.2) is 56.1 Å². The normalized spacial score (nSPS) is 26.8. The minimum atomic E-state index is -4.32. The van der Waals surface area contributed by atoms with E-state index in [2.05, 4.69) is 9.97 Å². The van der Waals surface area contributed by atoms with E-state index in [1.165, 1.54) is 13.4 Å². The SMILES string of the molecule is CN([C@H]1C[C@@H](n2ccc3cncnc32)C[C@@H]1O)S(=O)(=O)O. The molecule has 2 aromatic rings. The third-order valence-electron chi connectivity index (χ3n) is 4.07. The highest BCUT2D eigenvalue weighted by atomic mass is 32.2. The molecule has 2 heterocycles. The summed E-state index contributed by atoms with van der Waals surface area (Å²) in [7, 11) is -3.05. The van der Waals surface area contributed by atoms with Crippen molar-refractivity contribution in [2.45, 2.75) is 31.0 Å². The molecule has 1 fully saturated rings. The number of rotatable bonds is 3. The first-order chi connectivity index (χ1) is 9.88. The van der Waals surface area contributed by atoms with Crippen LogP contribution in [0.3, 0.4) is 0 Å². The number of aliphatic hydroxyl groups is 1. The van der Waals surface area contributed by atoms with Gasteiger partial charge in [-0.25, -0.2) is 9.97 Å². The molecule has 0 unspecified atom stereocenters. The molecule has 0 spiro atoms. The van der Waals surface area contributed by atoms with Crippen LogP contribution in [0.1, 0.15) is 18.9 Å². The summed E-state index contributed by atoms with van der Waals surface area (Å²) >= 11 is 0. The van der Waals surface area contributed by atoms with Crippen LogP contribution in [0.4, 0.5) is 0 Å². The van der Waals surface area contributed by atoms with E-state index in [1.807, 2.05) is 16.8 Å². The highest BCUT2D eigenvalue weighted by Crippen LogP contribution is 2.35. The first-order valence-electron chi connectivity index (χ1n) is 6.53. The van der Waals surface area contributed by atoms with Crippen LogP contribution in [0.5, 0.6) is 0 Å². The molecular weight excluding hydrogens is 296 g/mol. The number of aliphatic hydroxyl groups excluding tert-OH is 1. The van der Waals surface area contributed by atoms with E-state index >= 15 is 0 Å². The monoisotopic (exact) mass is 312 g/mol. The van der Waals surface area contributed by atoms with Crippen molar-refractivity contribution in [2.24, 2.45) is 0 Å². The number of aromatic nitrogens is 3. The van der Waals surface area contributed by atoms with Crippen molar-refractivity contribution < 1.29 is 18.1 Å². The van der Waals surface area contributed by atoms with Crippen LogP contribution in [0, 0.1) is 0 Å². The third kappa shape index (κ3) is 2.53. The lowest BCUT2D eigenvalue weighted by Gasteiger charge is -2.23. The Labute approximate surface area is 121 Å². The fourth-order valence-corrected chi connectivity index (χ4v) is 3.52. The van der Waals surface area contributed by atoms with Gasteiger partial charge in [0.1, 0.15) is 12.0 Å². The zero-order valence-electron chi connectivity index (χ0n) is 11.4. The van der Waals surface area contributed by atoms with E-state index in [9.17, 15) is 13.5 Å². The topological polar surface area (TPSA) is 109 Å². The summed E-state index contributed by atoms with van der Waals surface area (Å²) in [5.41, 5.74) is 0.748. The maximum absolute atomic E-state index is 11.2. The molecule has 0 saturated heterocycles. The third-order valence-corrected chi connectivity index (χ3v) is 5.07. The van der Waals surface area contributed by atoms with Gasteiger partial charge in [0.2, 0.25) is 0 Å². The van der Waals surface area contributed by atoms with Crippen molar-refractivity contribution in [1.29, 1.82) is 0 Å². The molecule has 21 heavy (non-hydrogen) atoms. The molecule has 8 nitrogen and oxygen atoms in total. The predicted octanol–water partition coefficient (Wildman–Crippen LogP) is 0.230. The van der Waals surface area contributed by atoms with Gasteiger partial charge in [-0.3, -0.25) is 4.55 Å². The second-order valence-corrected chi connectivity index (χ2v) is 6.75. The molecule has 0 aromatic carbocycles. The zero-order chi connectivity index (χ0) is 15.2. The molecule has 114 valence electrons. The maximum atomic E-state index is 11.2. The molecule has 0 bridgehead atoms. The van der Waals surface area contributed by atoms with Crippen LogP contribution in [0.15, 0.2) is 24.8 Å². The molecule has 0 aliphatic heterocycles. The smallest absolute Gasteiger partial charge is 0.335 e. The summed E-state index contributed by atoms with van der Waals surface area (Å²) < 4.78 is 34.3. The highest BCUT2D eigenvalue weighted by molar-refractivity contribution is 7.83. The number of nitrogens with zero attached hydrogens (tertiary/aromatic N) is 4. The summed E-state index contributed by atoms with van der Waals surface area (Å²) in [5, 5.41) is 11.0. The Morgan fingerprint density at radius 1 is 1.43 bits per heavy atom. The molecular formula is C12H16N4O4S. The fourth-order valence-electron chi connectivity index (χ4n) is 2.95. The van der Waals surface area contributed by atoms with Crippen LogP contribution < -0.4 is 0 Å². The minimum absolute atomic E-state index is 0.0819. The molecule has 0 radical (unpaired) electrons. The molecule has 2 aromatic heterocycles. The Kier molecular flexibility index (Phi) is 3.44. The second-order valence-electron chi connectivity index (χ2n) is 5.28. The molecule has 1 aliphatic carbocycles. The van der Waals surface area contributed by atoms with Crippen LogP contribution in [0.25, 0.3) is 11.0 Å². The summed E-state index contributed by atoms with van der Waals surface area (Å²) in [6.45, 7) is 0. The Balaban J connectivity index is 1.89. The Bertz CT molecular complexity index is 759. The highest BCUT2D eigenvalue weighted by Gasteiger charge is 2.40. The van der Waals surface area contributed by atoms with Crippen molar-refractivity contribution in [3.8, 4) is 0 Å². The van der Waals surface area contributed by atoms with E-state index in [1.54, 1.807) is 6.20 Å². The molecule has 9 heteroatoms. The summed E-state index contributed by atoms with van der Waals surface area (Å²) in [5.74, 6) is 0. The van der Waals surface area contributed by atoms with Gasteiger partial charge in [0.15, 0.2) is 0 Å². The van der Waals surface area contributed by atoms with Gasteiger partial charge in [-0.1, -0.05) is 0 Å². The van der Waals surface area contributed by atoms with Gasteiger partial charge < -0.3 is 9.67 Å². The molecule has 1 aliphatic rings. The first kappa shape index (κ1) is 14.4. The average Bonchev–Trinajstić information content (AvgIpc) is 3.00. The molecule has 1 saturated carbocycles. The van der Waals surface area contributed by atoms with Gasteiger partial charge in [-0.15, -0.1) is 0 Å². The number of hydrogen-bond acceptors (Lipinski definition) is 5. The lowest BCUT2D eigenvalue weighted by molar-refractivity contribution is 0.117. The lowest BCUT2D eigenvalue weighted by atomic mass is 10.2. The van der Waals surface area contributed by atoms with Gasteiger partial charge in [0.25, 0.3) is 0 Å². The van der Waals surface area contributed by atoms with Gasteiger partial charge in [-0.05, 0) is 18.9 Å². The van der Waals surface area contributed by atoms with E-state index in [0.717, 1.165) is 15.3 Å².